The summed E-state index contributed by atoms with van der Waals surface area (Å²) < 4.78 is 12.3. The van der Waals surface area contributed by atoms with Crippen molar-refractivity contribution in [3.8, 4) is 11.8 Å². The fourth-order valence-corrected chi connectivity index (χ4v) is 0.588. The maximum Gasteiger partial charge on any atom is 0.205 e. The van der Waals surface area contributed by atoms with Crippen molar-refractivity contribution in [1.29, 1.82) is 0 Å². The molecule has 62 valence electrons. The molecule has 0 radical (unpaired) electrons. The Morgan fingerprint density at radius 3 is 2.75 bits per heavy atom. The molecule has 0 aliphatic rings. The summed E-state index contributed by atoms with van der Waals surface area (Å²) in [6, 6.07) is 0. The van der Waals surface area contributed by atoms with Gasteiger partial charge < -0.3 is 5.32 Å². The van der Waals surface area contributed by atoms with Crippen LogP contribution in [0.25, 0.3) is 0 Å². The van der Waals surface area contributed by atoms with E-state index < -0.39 is 5.82 Å². The molecular formula is C8H8FN3. The van der Waals surface area contributed by atoms with Crippen LogP contribution in [0.4, 0.5) is 4.39 Å². The van der Waals surface area contributed by atoms with E-state index in [1.165, 1.54) is 0 Å². The normalized spacial score (nSPS) is 8.83. The molecule has 0 spiro atoms. The van der Waals surface area contributed by atoms with E-state index in [2.05, 4.69) is 27.1 Å². The Hall–Kier alpha value is -1.47. The first-order valence-corrected chi connectivity index (χ1v) is 3.44. The van der Waals surface area contributed by atoms with Crippen LogP contribution in [0.5, 0.6) is 0 Å². The van der Waals surface area contributed by atoms with E-state index in [9.17, 15) is 4.39 Å². The van der Waals surface area contributed by atoms with Gasteiger partial charge in [-0.15, -0.1) is 0 Å². The molecule has 0 bridgehead atoms. The summed E-state index contributed by atoms with van der Waals surface area (Å²) in [5.41, 5.74) is 0. The molecule has 1 N–H and O–H groups in total. The van der Waals surface area contributed by atoms with Crippen molar-refractivity contribution in [3.63, 3.8) is 0 Å². The number of hydrogen-bond acceptors (Lipinski definition) is 3. The molecule has 0 aliphatic carbocycles. The Morgan fingerprint density at radius 2 is 2.17 bits per heavy atom. The molecular weight excluding hydrogens is 157 g/mol. The Labute approximate surface area is 70.0 Å². The van der Waals surface area contributed by atoms with Crippen LogP contribution >= 0.6 is 0 Å². The van der Waals surface area contributed by atoms with E-state index in [4.69, 9.17) is 0 Å². The van der Waals surface area contributed by atoms with Crippen LogP contribution < -0.4 is 5.32 Å². The maximum atomic E-state index is 12.3. The van der Waals surface area contributed by atoms with Crippen molar-refractivity contribution < 1.29 is 4.39 Å². The summed E-state index contributed by atoms with van der Waals surface area (Å²) in [6.07, 6.45) is 2.19. The molecule has 4 heteroatoms. The monoisotopic (exact) mass is 165 g/mol. The van der Waals surface area contributed by atoms with Crippen LogP contribution in [0.1, 0.15) is 5.82 Å². The largest absolute Gasteiger partial charge is 0.309 e. The third-order valence-corrected chi connectivity index (χ3v) is 1.09. The molecule has 0 aliphatic heterocycles. The lowest BCUT2D eigenvalue weighted by Crippen LogP contribution is -2.04. The molecule has 0 atom stereocenters. The molecule has 12 heavy (non-hydrogen) atoms. The van der Waals surface area contributed by atoms with Crippen LogP contribution in [-0.4, -0.2) is 23.6 Å². The lowest BCUT2D eigenvalue weighted by atomic mass is 10.5. The molecule has 3 nitrogen and oxygen atoms in total. The Morgan fingerprint density at radius 1 is 1.50 bits per heavy atom. The second kappa shape index (κ2) is 4.42. The van der Waals surface area contributed by atoms with Gasteiger partial charge in [-0.1, -0.05) is 5.92 Å². The molecule has 1 aromatic heterocycles. The van der Waals surface area contributed by atoms with Gasteiger partial charge in [-0.05, 0) is 13.0 Å². The highest BCUT2D eigenvalue weighted by atomic mass is 19.1. The van der Waals surface area contributed by atoms with E-state index in [1.54, 1.807) is 7.05 Å². The van der Waals surface area contributed by atoms with Crippen molar-refractivity contribution in [3.05, 3.63) is 24.0 Å². The second-order valence-electron chi connectivity index (χ2n) is 2.06. The summed E-state index contributed by atoms with van der Waals surface area (Å²) in [6.45, 7) is 0.570. The lowest BCUT2D eigenvalue weighted by Gasteiger charge is -1.87. The Balaban J connectivity index is 2.66. The number of nitrogens with one attached hydrogen (secondary N) is 1. The van der Waals surface area contributed by atoms with Gasteiger partial charge in [-0.3, -0.25) is 0 Å². The predicted octanol–water partition coefficient (Wildman–Crippen LogP) is 0.187. The fraction of sp³-hybridized carbons (Fsp3) is 0.250. The van der Waals surface area contributed by atoms with Crippen LogP contribution in [-0.2, 0) is 0 Å². The van der Waals surface area contributed by atoms with Gasteiger partial charge in [0.2, 0.25) is 5.82 Å². The van der Waals surface area contributed by atoms with E-state index in [1.807, 2.05) is 0 Å². The van der Waals surface area contributed by atoms with E-state index >= 15 is 0 Å². The van der Waals surface area contributed by atoms with Crippen molar-refractivity contribution in [2.24, 2.45) is 0 Å². The highest BCUT2D eigenvalue weighted by molar-refractivity contribution is 5.20. The number of rotatable bonds is 1. The SMILES string of the molecule is CNCC#Cc1ncc(F)cn1. The highest BCUT2D eigenvalue weighted by Crippen LogP contribution is 1.90. The molecule has 0 aromatic carbocycles. The zero-order valence-corrected chi connectivity index (χ0v) is 6.63. The van der Waals surface area contributed by atoms with Gasteiger partial charge in [0.15, 0.2) is 5.82 Å². The maximum absolute atomic E-state index is 12.3. The number of nitrogens with zero attached hydrogens (tertiary/aromatic N) is 2. The lowest BCUT2D eigenvalue weighted by molar-refractivity contribution is 0.612. The van der Waals surface area contributed by atoms with Crippen LogP contribution in [0.2, 0.25) is 0 Å². The smallest absolute Gasteiger partial charge is 0.205 e. The van der Waals surface area contributed by atoms with Crippen molar-refractivity contribution in [2.75, 3.05) is 13.6 Å². The molecule has 0 saturated carbocycles. The van der Waals surface area contributed by atoms with Gasteiger partial charge in [0.25, 0.3) is 0 Å². The first-order valence-electron chi connectivity index (χ1n) is 3.44. The minimum Gasteiger partial charge on any atom is -0.309 e. The Bertz CT molecular complexity index is 296. The molecule has 1 rings (SSSR count). The zero-order valence-electron chi connectivity index (χ0n) is 6.63. The second-order valence-corrected chi connectivity index (χ2v) is 2.06. The van der Waals surface area contributed by atoms with Crippen molar-refractivity contribution in [1.82, 2.24) is 15.3 Å². The molecule has 1 aromatic rings. The predicted molar refractivity (Wildman–Crippen MR) is 42.8 cm³/mol. The number of hydrogen-bond donors (Lipinski definition) is 1. The first kappa shape index (κ1) is 8.62. The van der Waals surface area contributed by atoms with Gasteiger partial charge in [0.1, 0.15) is 0 Å². The first-order chi connectivity index (χ1) is 5.83. The quantitative estimate of drug-likeness (QED) is 0.603. The van der Waals surface area contributed by atoms with Gasteiger partial charge in [0.05, 0.1) is 18.9 Å². The van der Waals surface area contributed by atoms with Crippen LogP contribution in [0.3, 0.4) is 0 Å². The highest BCUT2D eigenvalue weighted by Gasteiger charge is 1.90. The molecule has 0 amide bonds. The Kier molecular flexibility index (Phi) is 3.17. The topological polar surface area (TPSA) is 37.8 Å². The summed E-state index contributed by atoms with van der Waals surface area (Å²) in [7, 11) is 1.79. The average Bonchev–Trinajstić information content (AvgIpc) is 2.09. The van der Waals surface area contributed by atoms with E-state index in [0.29, 0.717) is 12.4 Å². The summed E-state index contributed by atoms with van der Waals surface area (Å²) in [5.74, 6) is 5.32. The van der Waals surface area contributed by atoms with Crippen LogP contribution in [0.15, 0.2) is 12.4 Å². The van der Waals surface area contributed by atoms with Crippen LogP contribution in [0, 0.1) is 17.7 Å². The average molecular weight is 165 g/mol. The van der Waals surface area contributed by atoms with Gasteiger partial charge in [-0.25, -0.2) is 14.4 Å². The number of aromatic nitrogens is 2. The summed E-state index contributed by atoms with van der Waals surface area (Å²) in [4.78, 5) is 7.33. The standard InChI is InChI=1S/C8H8FN3/c1-10-4-2-3-8-11-5-7(9)6-12-8/h5-6,10H,4H2,1H3. The minimum absolute atomic E-state index is 0.339. The molecule has 0 unspecified atom stereocenters. The summed E-state index contributed by atoms with van der Waals surface area (Å²) >= 11 is 0. The zero-order chi connectivity index (χ0) is 8.81. The third kappa shape index (κ3) is 2.64. The van der Waals surface area contributed by atoms with Gasteiger partial charge >= 0.3 is 0 Å². The van der Waals surface area contributed by atoms with Crippen molar-refractivity contribution in [2.45, 2.75) is 0 Å². The van der Waals surface area contributed by atoms with Gasteiger partial charge in [0, 0.05) is 0 Å². The minimum atomic E-state index is -0.450. The fourth-order valence-electron chi connectivity index (χ4n) is 0.588. The van der Waals surface area contributed by atoms with E-state index in [-0.39, 0.29) is 0 Å². The third-order valence-electron chi connectivity index (χ3n) is 1.09. The van der Waals surface area contributed by atoms with Gasteiger partial charge in [-0.2, -0.15) is 0 Å². The molecule has 0 fully saturated rings. The van der Waals surface area contributed by atoms with Crippen molar-refractivity contribution >= 4 is 0 Å². The number of halogens is 1. The van der Waals surface area contributed by atoms with E-state index in [0.717, 1.165) is 12.4 Å². The molecule has 1 heterocycles. The summed E-state index contributed by atoms with van der Waals surface area (Å²) in [5, 5.41) is 2.85. The molecule has 0 saturated heterocycles.